The van der Waals surface area contributed by atoms with Gasteiger partial charge < -0.3 is 21.3 Å². The third-order valence-corrected chi connectivity index (χ3v) is 2.34. The van der Waals surface area contributed by atoms with Gasteiger partial charge in [0, 0.05) is 5.38 Å². The van der Waals surface area contributed by atoms with Crippen LogP contribution in [-0.4, -0.2) is 22.8 Å². The number of carbonyl (C=O) groups excluding carboxylic acids is 1. The third-order valence-electron chi connectivity index (χ3n) is 1.49. The van der Waals surface area contributed by atoms with Crippen molar-refractivity contribution in [3.63, 3.8) is 0 Å². The van der Waals surface area contributed by atoms with E-state index in [1.807, 2.05) is 0 Å². The van der Waals surface area contributed by atoms with Gasteiger partial charge in [-0.15, -0.1) is 11.3 Å². The van der Waals surface area contributed by atoms with Crippen LogP contribution in [-0.2, 0) is 11.3 Å². The number of nitrogens with two attached hydrogens (primary N) is 2. The van der Waals surface area contributed by atoms with Crippen molar-refractivity contribution >= 4 is 17.4 Å². The first-order valence-electron chi connectivity index (χ1n) is 3.86. The van der Waals surface area contributed by atoms with Crippen LogP contribution in [0, 0.1) is 0 Å². The summed E-state index contributed by atoms with van der Waals surface area (Å²) < 4.78 is 4.52. The molecule has 0 radical (unpaired) electrons. The molecule has 0 fully saturated rings. The molecule has 0 aliphatic rings. The summed E-state index contributed by atoms with van der Waals surface area (Å²) in [6.07, 6.45) is -0.863. The summed E-state index contributed by atoms with van der Waals surface area (Å²) in [5.41, 5.74) is 11.0. The van der Waals surface area contributed by atoms with Gasteiger partial charge in [-0.2, -0.15) is 0 Å². The Labute approximate surface area is 84.5 Å². The number of primary amides is 1. The number of nitrogens with zero attached hydrogens (tertiary/aromatic N) is 1. The Morgan fingerprint density at radius 3 is 3.00 bits per heavy atom. The average Bonchev–Trinajstić information content (AvgIpc) is 2.62. The number of aliphatic hydroxyl groups excluding tert-OH is 1. The molecule has 1 aromatic heterocycles. The van der Waals surface area contributed by atoms with Gasteiger partial charge in [-0.05, 0) is 0 Å². The molecule has 78 valence electrons. The van der Waals surface area contributed by atoms with Crippen molar-refractivity contribution in [2.75, 3.05) is 6.61 Å². The topological polar surface area (TPSA) is 111 Å². The highest BCUT2D eigenvalue weighted by Crippen LogP contribution is 2.15. The summed E-state index contributed by atoms with van der Waals surface area (Å²) >= 11 is 1.30. The third kappa shape index (κ3) is 2.95. The first-order chi connectivity index (χ1) is 6.63. The van der Waals surface area contributed by atoms with Crippen LogP contribution in [0.1, 0.15) is 16.7 Å². The highest BCUT2D eigenvalue weighted by molar-refractivity contribution is 7.09. The molecule has 0 aromatic carbocycles. The Morgan fingerprint density at radius 2 is 2.50 bits per heavy atom. The van der Waals surface area contributed by atoms with E-state index in [1.54, 1.807) is 5.38 Å². The van der Waals surface area contributed by atoms with E-state index in [9.17, 15) is 4.79 Å². The van der Waals surface area contributed by atoms with Crippen molar-refractivity contribution in [1.82, 2.24) is 4.98 Å². The first-order valence-corrected chi connectivity index (χ1v) is 4.74. The lowest BCUT2D eigenvalue weighted by Gasteiger charge is -2.07. The molecule has 7 heteroatoms. The molecule has 1 amide bonds. The molecule has 0 aliphatic heterocycles. The van der Waals surface area contributed by atoms with Gasteiger partial charge in [-0.25, -0.2) is 9.78 Å². The van der Waals surface area contributed by atoms with Crippen LogP contribution in [0.15, 0.2) is 5.38 Å². The molecule has 0 spiro atoms. The number of carbonyl (C=O) groups is 1. The summed E-state index contributed by atoms with van der Waals surface area (Å²) in [6, 6.07) is -0.501. The van der Waals surface area contributed by atoms with Gasteiger partial charge in [0.15, 0.2) is 0 Å². The maximum atomic E-state index is 10.3. The first kappa shape index (κ1) is 10.9. The van der Waals surface area contributed by atoms with Crippen molar-refractivity contribution in [3.05, 3.63) is 16.1 Å². The van der Waals surface area contributed by atoms with Crippen LogP contribution < -0.4 is 11.5 Å². The van der Waals surface area contributed by atoms with Gasteiger partial charge in [-0.1, -0.05) is 0 Å². The minimum Gasteiger partial charge on any atom is -0.448 e. The highest BCUT2D eigenvalue weighted by Gasteiger charge is 2.11. The lowest BCUT2D eigenvalue weighted by molar-refractivity contribution is 0.149. The van der Waals surface area contributed by atoms with Gasteiger partial charge in [0.05, 0.1) is 18.3 Å². The summed E-state index contributed by atoms with van der Waals surface area (Å²) in [7, 11) is 0. The van der Waals surface area contributed by atoms with Crippen molar-refractivity contribution in [3.8, 4) is 0 Å². The van der Waals surface area contributed by atoms with E-state index in [4.69, 9.17) is 16.6 Å². The highest BCUT2D eigenvalue weighted by atomic mass is 32.1. The molecule has 0 aliphatic carbocycles. The zero-order valence-corrected chi connectivity index (χ0v) is 8.16. The van der Waals surface area contributed by atoms with E-state index >= 15 is 0 Å². The zero-order valence-electron chi connectivity index (χ0n) is 7.34. The Morgan fingerprint density at radius 1 is 1.79 bits per heavy atom. The van der Waals surface area contributed by atoms with Gasteiger partial charge in [0.25, 0.3) is 0 Å². The van der Waals surface area contributed by atoms with Gasteiger partial charge in [-0.3, -0.25) is 0 Å². The Kier molecular flexibility index (Phi) is 3.81. The molecule has 1 unspecified atom stereocenters. The number of amides is 1. The van der Waals surface area contributed by atoms with Crippen LogP contribution in [0.3, 0.4) is 0 Å². The maximum absolute atomic E-state index is 10.3. The number of hydrogen-bond acceptors (Lipinski definition) is 6. The summed E-state index contributed by atoms with van der Waals surface area (Å²) in [5, 5.41) is 11.0. The fourth-order valence-electron chi connectivity index (χ4n) is 0.825. The van der Waals surface area contributed by atoms with E-state index in [1.165, 1.54) is 11.3 Å². The fraction of sp³-hybridized carbons (Fsp3) is 0.429. The van der Waals surface area contributed by atoms with E-state index in [0.717, 1.165) is 0 Å². The van der Waals surface area contributed by atoms with Crippen molar-refractivity contribution in [2.45, 2.75) is 12.6 Å². The Bertz CT molecular complexity index is 315. The normalized spacial score (nSPS) is 12.4. The predicted molar refractivity (Wildman–Crippen MR) is 50.5 cm³/mol. The SMILES string of the molecule is NC(=O)OCC(N)c1csc(CO)n1. The van der Waals surface area contributed by atoms with E-state index in [-0.39, 0.29) is 13.2 Å². The second kappa shape index (κ2) is 4.89. The number of ether oxygens (including phenoxy) is 1. The Hall–Kier alpha value is -1.18. The lowest BCUT2D eigenvalue weighted by Crippen LogP contribution is -2.22. The largest absolute Gasteiger partial charge is 0.448 e. The number of aliphatic hydroxyl groups is 1. The molecule has 1 heterocycles. The molecule has 6 nitrogen and oxygen atoms in total. The molecule has 0 saturated carbocycles. The van der Waals surface area contributed by atoms with E-state index in [2.05, 4.69) is 9.72 Å². The van der Waals surface area contributed by atoms with E-state index < -0.39 is 12.1 Å². The van der Waals surface area contributed by atoms with Crippen LogP contribution in [0.2, 0.25) is 0 Å². The van der Waals surface area contributed by atoms with Crippen molar-refractivity contribution in [2.24, 2.45) is 11.5 Å². The lowest BCUT2D eigenvalue weighted by atomic mass is 10.3. The molecule has 1 aromatic rings. The van der Waals surface area contributed by atoms with Gasteiger partial charge >= 0.3 is 6.09 Å². The van der Waals surface area contributed by atoms with E-state index in [0.29, 0.717) is 10.7 Å². The average molecular weight is 217 g/mol. The minimum atomic E-state index is -0.863. The molecular weight excluding hydrogens is 206 g/mol. The maximum Gasteiger partial charge on any atom is 0.404 e. The minimum absolute atomic E-state index is 0.00998. The monoisotopic (exact) mass is 217 g/mol. The summed E-state index contributed by atoms with van der Waals surface area (Å²) in [6.45, 7) is -0.127. The van der Waals surface area contributed by atoms with Crippen LogP contribution in [0.25, 0.3) is 0 Å². The van der Waals surface area contributed by atoms with Crippen LogP contribution >= 0.6 is 11.3 Å². The fourth-order valence-corrected chi connectivity index (χ4v) is 1.54. The van der Waals surface area contributed by atoms with Gasteiger partial charge in [0.1, 0.15) is 11.6 Å². The summed E-state index contributed by atoms with van der Waals surface area (Å²) in [4.78, 5) is 14.3. The number of thiazole rings is 1. The van der Waals surface area contributed by atoms with Crippen molar-refractivity contribution < 1.29 is 14.6 Å². The molecule has 1 rings (SSSR count). The van der Waals surface area contributed by atoms with Gasteiger partial charge in [0.2, 0.25) is 0 Å². The molecule has 0 saturated heterocycles. The number of aromatic nitrogens is 1. The second-order valence-electron chi connectivity index (χ2n) is 2.56. The predicted octanol–water partition coefficient (Wildman–Crippen LogP) is -0.269. The number of hydrogen-bond donors (Lipinski definition) is 3. The zero-order chi connectivity index (χ0) is 10.6. The number of rotatable bonds is 4. The van der Waals surface area contributed by atoms with Crippen LogP contribution in [0.5, 0.6) is 0 Å². The Balaban J connectivity index is 2.51. The second-order valence-corrected chi connectivity index (χ2v) is 3.50. The standard InChI is InChI=1S/C7H11N3O3S/c8-4(2-13-7(9)12)5-3-14-6(1-11)10-5/h3-4,11H,1-2,8H2,(H2,9,12). The molecule has 5 N–H and O–H groups in total. The molecule has 14 heavy (non-hydrogen) atoms. The smallest absolute Gasteiger partial charge is 0.404 e. The molecule has 1 atom stereocenters. The molecule has 0 bridgehead atoms. The summed E-state index contributed by atoms with van der Waals surface area (Å²) in [5.74, 6) is 0. The van der Waals surface area contributed by atoms with Crippen LogP contribution in [0.4, 0.5) is 4.79 Å². The molecular formula is C7H11N3O3S. The van der Waals surface area contributed by atoms with Crippen molar-refractivity contribution in [1.29, 1.82) is 0 Å². The quantitative estimate of drug-likeness (QED) is 0.642.